The molecule has 0 amide bonds. The topological polar surface area (TPSA) is 84.8 Å². The first-order chi connectivity index (χ1) is 18.2. The van der Waals surface area contributed by atoms with Crippen molar-refractivity contribution in [1.82, 2.24) is 19.4 Å². The standard InChI is InChI=1S/C28H40N6O3/c1-4-7-8-13-34-25(27(36-5-2)37-6-3)20-22-21-29-28(31-26(22)34)30-23-9-11-24(12-10-23)33-16-14-32(15-17-33)18-19-35/h9-12,19-21,27H,4-8,13-18H2,1-3H3,(H,29,30,31). The van der Waals surface area contributed by atoms with Gasteiger partial charge in [-0.15, -0.1) is 0 Å². The third-order valence-corrected chi connectivity index (χ3v) is 6.72. The SMILES string of the molecule is CCCCCn1c(C(OCC)OCC)cc2cnc(Nc3ccc(N4CCN(CC=O)CC4)cc3)nc21. The first kappa shape index (κ1) is 27.0. The Morgan fingerprint density at radius 3 is 2.41 bits per heavy atom. The molecule has 0 bridgehead atoms. The van der Waals surface area contributed by atoms with Gasteiger partial charge >= 0.3 is 0 Å². The lowest BCUT2D eigenvalue weighted by atomic mass is 10.2. The van der Waals surface area contributed by atoms with E-state index in [-0.39, 0.29) is 0 Å². The summed E-state index contributed by atoms with van der Waals surface area (Å²) in [6.45, 7) is 12.3. The number of rotatable bonds is 14. The molecule has 1 N–H and O–H groups in total. The summed E-state index contributed by atoms with van der Waals surface area (Å²) in [5, 5.41) is 4.35. The van der Waals surface area contributed by atoms with Gasteiger partial charge in [-0.05, 0) is 50.6 Å². The number of nitrogens with zero attached hydrogens (tertiary/aromatic N) is 5. The fourth-order valence-corrected chi connectivity index (χ4v) is 4.77. The normalized spacial score (nSPS) is 14.5. The fourth-order valence-electron chi connectivity index (χ4n) is 4.77. The van der Waals surface area contributed by atoms with Crippen molar-refractivity contribution >= 4 is 34.6 Å². The highest BCUT2D eigenvalue weighted by Gasteiger charge is 2.21. The number of aromatic nitrogens is 3. The third kappa shape index (κ3) is 6.85. The molecule has 3 aromatic rings. The van der Waals surface area contributed by atoms with Crippen molar-refractivity contribution in [3.05, 3.63) is 42.2 Å². The second kappa shape index (κ2) is 13.5. The number of carbonyl (C=O) groups is 1. The Bertz CT molecular complexity index is 1120. The largest absolute Gasteiger partial charge is 0.369 e. The quantitative estimate of drug-likeness (QED) is 0.190. The summed E-state index contributed by atoms with van der Waals surface area (Å²) in [7, 11) is 0. The zero-order valence-electron chi connectivity index (χ0n) is 22.4. The van der Waals surface area contributed by atoms with Crippen molar-refractivity contribution in [1.29, 1.82) is 0 Å². The van der Waals surface area contributed by atoms with Crippen LogP contribution < -0.4 is 10.2 Å². The zero-order chi connectivity index (χ0) is 26.0. The Balaban J connectivity index is 1.51. The van der Waals surface area contributed by atoms with Gasteiger partial charge in [0, 0.05) is 68.9 Å². The summed E-state index contributed by atoms with van der Waals surface area (Å²) in [5.74, 6) is 0.563. The summed E-state index contributed by atoms with van der Waals surface area (Å²) >= 11 is 0. The van der Waals surface area contributed by atoms with E-state index in [1.807, 2.05) is 20.0 Å². The summed E-state index contributed by atoms with van der Waals surface area (Å²) in [4.78, 5) is 24.8. The number of carbonyl (C=O) groups excluding carboxylic acids is 1. The Morgan fingerprint density at radius 1 is 1.03 bits per heavy atom. The minimum absolute atomic E-state index is 0.421. The molecular formula is C28H40N6O3. The number of anilines is 3. The van der Waals surface area contributed by atoms with Crippen molar-refractivity contribution in [3.63, 3.8) is 0 Å². The number of ether oxygens (including phenoxy) is 2. The lowest BCUT2D eigenvalue weighted by Crippen LogP contribution is -2.46. The highest BCUT2D eigenvalue weighted by molar-refractivity contribution is 5.78. The molecule has 0 atom stereocenters. The first-order valence-corrected chi connectivity index (χ1v) is 13.5. The molecule has 0 aliphatic carbocycles. The lowest BCUT2D eigenvalue weighted by molar-refractivity contribution is -0.144. The number of hydrogen-bond acceptors (Lipinski definition) is 8. The van der Waals surface area contributed by atoms with E-state index in [9.17, 15) is 4.79 Å². The summed E-state index contributed by atoms with van der Waals surface area (Å²) in [6, 6.07) is 10.5. The van der Waals surface area contributed by atoms with Gasteiger partial charge in [0.2, 0.25) is 5.95 Å². The Kier molecular flexibility index (Phi) is 9.87. The molecule has 0 radical (unpaired) electrons. The smallest absolute Gasteiger partial charge is 0.229 e. The number of piperazine rings is 1. The number of fused-ring (bicyclic) bond motifs is 1. The molecule has 0 unspecified atom stereocenters. The van der Waals surface area contributed by atoms with Crippen molar-refractivity contribution in [2.24, 2.45) is 0 Å². The van der Waals surface area contributed by atoms with Crippen molar-refractivity contribution < 1.29 is 14.3 Å². The molecule has 1 aliphatic rings. The van der Waals surface area contributed by atoms with Gasteiger partial charge < -0.3 is 29.1 Å². The van der Waals surface area contributed by atoms with Gasteiger partial charge in [-0.25, -0.2) is 4.98 Å². The molecule has 1 aliphatic heterocycles. The molecule has 9 nitrogen and oxygen atoms in total. The predicted octanol–water partition coefficient (Wildman–Crippen LogP) is 4.76. The van der Waals surface area contributed by atoms with Gasteiger partial charge in [-0.2, -0.15) is 4.98 Å². The molecular weight excluding hydrogens is 468 g/mol. The molecule has 2 aromatic heterocycles. The van der Waals surface area contributed by atoms with Crippen LogP contribution in [0.5, 0.6) is 0 Å². The van der Waals surface area contributed by atoms with Gasteiger partial charge in [-0.1, -0.05) is 19.8 Å². The van der Waals surface area contributed by atoms with E-state index >= 15 is 0 Å². The maximum absolute atomic E-state index is 10.8. The Hall–Kier alpha value is -3.01. The first-order valence-electron chi connectivity index (χ1n) is 13.5. The molecule has 0 saturated carbocycles. The minimum atomic E-state index is -0.421. The van der Waals surface area contributed by atoms with Gasteiger partial charge in [0.05, 0.1) is 12.2 Å². The van der Waals surface area contributed by atoms with Crippen LogP contribution in [0, 0.1) is 0 Å². The minimum Gasteiger partial charge on any atom is -0.369 e. The predicted molar refractivity (Wildman–Crippen MR) is 147 cm³/mol. The van der Waals surface area contributed by atoms with Crippen LogP contribution in [0.3, 0.4) is 0 Å². The summed E-state index contributed by atoms with van der Waals surface area (Å²) in [6.07, 6.45) is 5.80. The lowest BCUT2D eigenvalue weighted by Gasteiger charge is -2.35. The second-order valence-electron chi connectivity index (χ2n) is 9.27. The monoisotopic (exact) mass is 508 g/mol. The fraction of sp³-hybridized carbons (Fsp3) is 0.536. The van der Waals surface area contributed by atoms with Crippen LogP contribution >= 0.6 is 0 Å². The Labute approximate surface area is 219 Å². The van der Waals surface area contributed by atoms with Crippen LogP contribution in [0.15, 0.2) is 36.5 Å². The van der Waals surface area contributed by atoms with Crippen LogP contribution in [-0.2, 0) is 20.8 Å². The molecule has 1 aromatic carbocycles. The zero-order valence-corrected chi connectivity index (χ0v) is 22.4. The van der Waals surface area contributed by atoms with Crippen LogP contribution in [0.2, 0.25) is 0 Å². The van der Waals surface area contributed by atoms with E-state index < -0.39 is 6.29 Å². The number of hydrogen-bond donors (Lipinski definition) is 1. The maximum Gasteiger partial charge on any atom is 0.229 e. The van der Waals surface area contributed by atoms with Gasteiger partial charge in [-0.3, -0.25) is 4.90 Å². The molecule has 3 heterocycles. The van der Waals surface area contributed by atoms with Crippen LogP contribution in [0.1, 0.15) is 52.0 Å². The molecule has 0 spiro atoms. The number of nitrogens with one attached hydrogen (secondary N) is 1. The number of aryl methyl sites for hydroxylation is 1. The summed E-state index contributed by atoms with van der Waals surface area (Å²) < 4.78 is 14.1. The average molecular weight is 509 g/mol. The molecule has 37 heavy (non-hydrogen) atoms. The van der Waals surface area contributed by atoms with Gasteiger partial charge in [0.25, 0.3) is 0 Å². The molecule has 200 valence electrons. The molecule has 4 rings (SSSR count). The highest BCUT2D eigenvalue weighted by atomic mass is 16.7. The van der Waals surface area contributed by atoms with Crippen molar-refractivity contribution in [3.8, 4) is 0 Å². The van der Waals surface area contributed by atoms with Crippen LogP contribution in [0.4, 0.5) is 17.3 Å². The van der Waals surface area contributed by atoms with Crippen molar-refractivity contribution in [2.75, 3.05) is 56.2 Å². The van der Waals surface area contributed by atoms with E-state index in [2.05, 4.69) is 61.9 Å². The van der Waals surface area contributed by atoms with E-state index in [1.165, 1.54) is 5.69 Å². The number of benzene rings is 1. The number of aldehydes is 1. The van der Waals surface area contributed by atoms with Crippen LogP contribution in [0.25, 0.3) is 11.0 Å². The van der Waals surface area contributed by atoms with Crippen molar-refractivity contribution in [2.45, 2.75) is 52.9 Å². The summed E-state index contributed by atoms with van der Waals surface area (Å²) in [5.41, 5.74) is 3.99. The Morgan fingerprint density at radius 2 is 1.76 bits per heavy atom. The second-order valence-corrected chi connectivity index (χ2v) is 9.27. The van der Waals surface area contributed by atoms with E-state index in [0.29, 0.717) is 25.7 Å². The molecule has 9 heteroatoms. The average Bonchev–Trinajstić information content (AvgIpc) is 3.27. The van der Waals surface area contributed by atoms with Crippen LogP contribution in [-0.4, -0.2) is 71.7 Å². The molecule has 1 fully saturated rings. The van der Waals surface area contributed by atoms with E-state index in [4.69, 9.17) is 14.5 Å². The van der Waals surface area contributed by atoms with Gasteiger partial charge in [0.15, 0.2) is 6.29 Å². The highest BCUT2D eigenvalue weighted by Crippen LogP contribution is 2.28. The third-order valence-electron chi connectivity index (χ3n) is 6.72. The van der Waals surface area contributed by atoms with E-state index in [1.54, 1.807) is 0 Å². The number of unbranched alkanes of at least 4 members (excludes halogenated alkanes) is 2. The molecule has 1 saturated heterocycles. The van der Waals surface area contributed by atoms with E-state index in [0.717, 1.165) is 80.7 Å². The van der Waals surface area contributed by atoms with Gasteiger partial charge in [0.1, 0.15) is 11.9 Å². The maximum atomic E-state index is 10.8.